The van der Waals surface area contributed by atoms with Crippen LogP contribution in [0, 0.1) is 30.7 Å². The Balaban J connectivity index is 0.000000251. The summed E-state index contributed by atoms with van der Waals surface area (Å²) in [6.07, 6.45) is 6.68. The number of carbonyl (C=O) groups is 1. The van der Waals surface area contributed by atoms with Crippen molar-refractivity contribution in [2.45, 2.75) is 81.1 Å². The van der Waals surface area contributed by atoms with Crippen molar-refractivity contribution in [3.05, 3.63) is 114 Å². The second-order valence-electron chi connectivity index (χ2n) is 13.5. The number of hydrogen-bond donors (Lipinski definition) is 1. The van der Waals surface area contributed by atoms with E-state index in [0.29, 0.717) is 0 Å². The fourth-order valence-corrected chi connectivity index (χ4v) is 6.41. The fraction of sp³-hybridized carbons (Fsp3) is 0.318. The standard InChI is InChI=1S/C29H20N.C15H28O2.Ir/c1-18-7-11-24-21(15-18)10-12-27-26(24)13-14-30-29(27)23-16-19(2)28-22(17-23)9-8-20-5-3-4-6-25(20)28;1-7-14(5,8-2)12(16)11-13(17)15(6,9-3)10-4;/h3-16H,1-2H3;11,16H,7-10H2,1-6H3;/q-1;;/b;12-11-;. The molecule has 1 heterocycles. The van der Waals surface area contributed by atoms with Crippen LogP contribution in [0.2, 0.25) is 0 Å². The van der Waals surface area contributed by atoms with Crippen LogP contribution in [0.15, 0.2) is 96.9 Å². The maximum Gasteiger partial charge on any atom is 0.164 e. The second kappa shape index (κ2) is 15.1. The van der Waals surface area contributed by atoms with Crippen molar-refractivity contribution in [3.8, 4) is 11.3 Å². The molecule has 3 nitrogen and oxygen atoms in total. The summed E-state index contributed by atoms with van der Waals surface area (Å²) >= 11 is 0. The van der Waals surface area contributed by atoms with Crippen LogP contribution in [0.1, 0.15) is 78.4 Å². The van der Waals surface area contributed by atoms with Crippen molar-refractivity contribution in [1.82, 2.24) is 4.98 Å². The molecule has 0 aliphatic heterocycles. The molecule has 6 rings (SSSR count). The molecule has 0 atom stereocenters. The molecule has 0 aliphatic carbocycles. The molecular formula is C44H48IrNO2-. The average molecular weight is 815 g/mol. The van der Waals surface area contributed by atoms with Gasteiger partial charge >= 0.3 is 0 Å². The van der Waals surface area contributed by atoms with Gasteiger partial charge in [0.15, 0.2) is 5.78 Å². The zero-order chi connectivity index (χ0) is 33.9. The van der Waals surface area contributed by atoms with E-state index in [9.17, 15) is 9.90 Å². The molecule has 4 heteroatoms. The fourth-order valence-electron chi connectivity index (χ4n) is 6.41. The molecule has 0 unspecified atom stereocenters. The van der Waals surface area contributed by atoms with E-state index in [1.807, 2.05) is 47.7 Å². The summed E-state index contributed by atoms with van der Waals surface area (Å²) in [7, 11) is 0. The van der Waals surface area contributed by atoms with Crippen molar-refractivity contribution in [1.29, 1.82) is 0 Å². The summed E-state index contributed by atoms with van der Waals surface area (Å²) in [5.74, 6) is 0.286. The number of benzene rings is 5. The molecule has 5 aromatic carbocycles. The molecule has 1 N–H and O–H groups in total. The average Bonchev–Trinajstić information content (AvgIpc) is 3.10. The number of allylic oxidation sites excluding steroid dienone is 2. The Labute approximate surface area is 299 Å². The van der Waals surface area contributed by atoms with Crippen LogP contribution in [-0.4, -0.2) is 15.9 Å². The largest absolute Gasteiger partial charge is 0.512 e. The maximum atomic E-state index is 12.2. The molecule has 1 aromatic heterocycles. The van der Waals surface area contributed by atoms with Crippen LogP contribution in [0.25, 0.3) is 54.3 Å². The van der Waals surface area contributed by atoms with Crippen molar-refractivity contribution in [2.24, 2.45) is 10.8 Å². The number of ketones is 1. The van der Waals surface area contributed by atoms with Gasteiger partial charge in [-0.2, -0.15) is 0 Å². The van der Waals surface area contributed by atoms with E-state index < -0.39 is 0 Å². The third-order valence-electron chi connectivity index (χ3n) is 10.7. The first-order valence-electron chi connectivity index (χ1n) is 17.1. The zero-order valence-electron chi connectivity index (χ0n) is 29.6. The number of carbonyl (C=O) groups excluding carboxylic acids is 1. The van der Waals surface area contributed by atoms with E-state index in [2.05, 4.69) is 98.8 Å². The van der Waals surface area contributed by atoms with Gasteiger partial charge in [-0.15, -0.1) is 29.1 Å². The smallest absolute Gasteiger partial charge is 0.164 e. The maximum absolute atomic E-state index is 12.2. The first-order valence-corrected chi connectivity index (χ1v) is 17.1. The minimum Gasteiger partial charge on any atom is -0.512 e. The number of nitrogens with zero attached hydrogens (tertiary/aromatic N) is 1. The molecule has 0 bridgehead atoms. The van der Waals surface area contributed by atoms with Crippen LogP contribution >= 0.6 is 0 Å². The predicted octanol–water partition coefficient (Wildman–Crippen LogP) is 12.4. The summed E-state index contributed by atoms with van der Waals surface area (Å²) in [6.45, 7) is 16.4. The van der Waals surface area contributed by atoms with Gasteiger partial charge in [0.05, 0.1) is 0 Å². The first kappa shape index (κ1) is 37.0. The number of pyridine rings is 1. The summed E-state index contributed by atoms with van der Waals surface area (Å²) < 4.78 is 0. The van der Waals surface area contributed by atoms with E-state index in [-0.39, 0.29) is 42.5 Å². The van der Waals surface area contributed by atoms with Gasteiger partial charge in [0.2, 0.25) is 0 Å². The van der Waals surface area contributed by atoms with Gasteiger partial charge < -0.3 is 5.11 Å². The number of hydrogen-bond acceptors (Lipinski definition) is 3. The van der Waals surface area contributed by atoms with E-state index >= 15 is 0 Å². The van der Waals surface area contributed by atoms with Gasteiger partial charge in [0, 0.05) is 48.9 Å². The molecule has 0 amide bonds. The summed E-state index contributed by atoms with van der Waals surface area (Å²) in [5, 5.41) is 20.0. The van der Waals surface area contributed by atoms with Gasteiger partial charge in [-0.25, -0.2) is 0 Å². The van der Waals surface area contributed by atoms with Crippen LogP contribution in [-0.2, 0) is 24.9 Å². The monoisotopic (exact) mass is 815 g/mol. The van der Waals surface area contributed by atoms with E-state index in [1.54, 1.807) is 0 Å². The predicted molar refractivity (Wildman–Crippen MR) is 201 cm³/mol. The molecule has 6 aromatic rings. The minimum absolute atomic E-state index is 0. The number of aromatic nitrogens is 1. The van der Waals surface area contributed by atoms with Crippen molar-refractivity contribution >= 4 is 48.9 Å². The second-order valence-corrected chi connectivity index (χ2v) is 13.5. The molecule has 48 heavy (non-hydrogen) atoms. The minimum atomic E-state index is -0.337. The van der Waals surface area contributed by atoms with Gasteiger partial charge in [-0.1, -0.05) is 126 Å². The zero-order valence-corrected chi connectivity index (χ0v) is 32.0. The summed E-state index contributed by atoms with van der Waals surface area (Å²) in [5.41, 5.74) is 3.97. The Morgan fingerprint density at radius 2 is 1.40 bits per heavy atom. The topological polar surface area (TPSA) is 50.2 Å². The number of aliphatic hydroxyl groups is 1. The van der Waals surface area contributed by atoms with Gasteiger partial charge in [0.25, 0.3) is 0 Å². The van der Waals surface area contributed by atoms with E-state index in [0.717, 1.165) is 42.3 Å². The normalized spacial score (nSPS) is 12.2. The molecule has 0 spiro atoms. The van der Waals surface area contributed by atoms with Crippen LogP contribution in [0.3, 0.4) is 0 Å². The Morgan fingerprint density at radius 3 is 2.08 bits per heavy atom. The van der Waals surface area contributed by atoms with E-state index in [1.165, 1.54) is 54.9 Å². The van der Waals surface area contributed by atoms with Crippen LogP contribution in [0.5, 0.6) is 0 Å². The Kier molecular flexibility index (Phi) is 11.7. The molecule has 0 aliphatic rings. The first-order chi connectivity index (χ1) is 22.5. The van der Waals surface area contributed by atoms with Crippen molar-refractivity contribution < 1.29 is 30.0 Å². The number of rotatable bonds is 8. The van der Waals surface area contributed by atoms with Crippen molar-refractivity contribution in [2.75, 3.05) is 0 Å². The van der Waals surface area contributed by atoms with Crippen molar-refractivity contribution in [3.63, 3.8) is 0 Å². The third kappa shape index (κ3) is 7.12. The van der Waals surface area contributed by atoms with Gasteiger partial charge in [-0.05, 0) is 71.0 Å². The van der Waals surface area contributed by atoms with Crippen LogP contribution < -0.4 is 0 Å². The SMILES string of the molecule is CCC(C)(CC)C(=O)/C=C(\O)C(C)(CC)CC.Cc1ccc2c(ccc3c(-c4[c-]c5ccc6ccccc6c5c(C)c4)nccc32)c1.[Ir]. The van der Waals surface area contributed by atoms with Gasteiger partial charge in [-0.3, -0.25) is 9.78 Å². The molecule has 0 fully saturated rings. The molecule has 0 saturated carbocycles. The quantitative estimate of drug-likeness (QED) is 0.0721. The molecular weight excluding hydrogens is 767 g/mol. The molecule has 0 saturated heterocycles. The van der Waals surface area contributed by atoms with Crippen LogP contribution in [0.4, 0.5) is 0 Å². The molecule has 1 radical (unpaired) electrons. The number of aryl methyl sites for hydroxylation is 2. The Morgan fingerprint density at radius 1 is 0.750 bits per heavy atom. The molecule has 251 valence electrons. The summed E-state index contributed by atoms with van der Waals surface area (Å²) in [4.78, 5) is 17.0. The number of aliphatic hydroxyl groups excluding tert-OH is 1. The summed E-state index contributed by atoms with van der Waals surface area (Å²) in [6, 6.07) is 32.0. The Bertz CT molecular complexity index is 2120. The van der Waals surface area contributed by atoms with E-state index in [4.69, 9.17) is 4.98 Å². The number of fused-ring (bicyclic) bond motifs is 6. The van der Waals surface area contributed by atoms with Gasteiger partial charge in [0.1, 0.15) is 5.76 Å². The Hall–Kier alpha value is -3.85. The third-order valence-corrected chi connectivity index (χ3v) is 10.7.